The van der Waals surface area contributed by atoms with Gasteiger partial charge in [-0.05, 0) is 18.6 Å². The summed E-state index contributed by atoms with van der Waals surface area (Å²) in [4.78, 5) is 30.4. The van der Waals surface area contributed by atoms with Crippen LogP contribution in [-0.4, -0.2) is 28.4 Å². The fourth-order valence-electron chi connectivity index (χ4n) is 2.04. The molecule has 23 heavy (non-hydrogen) atoms. The molecule has 0 atom stereocenters. The van der Waals surface area contributed by atoms with E-state index in [1.165, 1.54) is 17.8 Å². The highest BCUT2D eigenvalue weighted by molar-refractivity contribution is 7.99. The van der Waals surface area contributed by atoms with Gasteiger partial charge >= 0.3 is 0 Å². The lowest BCUT2D eigenvalue weighted by Gasteiger charge is -2.06. The zero-order valence-electron chi connectivity index (χ0n) is 12.4. The number of carbonyl (C=O) groups is 1. The van der Waals surface area contributed by atoms with Gasteiger partial charge in [-0.15, -0.1) is 0 Å². The van der Waals surface area contributed by atoms with Crippen LogP contribution in [0.5, 0.6) is 11.5 Å². The van der Waals surface area contributed by atoms with Gasteiger partial charge in [-0.1, -0.05) is 18.7 Å². The van der Waals surface area contributed by atoms with E-state index in [0.29, 0.717) is 34.5 Å². The SMILES string of the molecule is CCc1cc(=O)[nH]c(SCC(=O)Nc2ccc3c(c2)OCO3)n1. The number of thioether (sulfide) groups is 1. The molecule has 0 fully saturated rings. The van der Waals surface area contributed by atoms with Crippen molar-refractivity contribution in [3.63, 3.8) is 0 Å². The summed E-state index contributed by atoms with van der Waals surface area (Å²) in [5, 5.41) is 3.21. The van der Waals surface area contributed by atoms with Crippen LogP contribution in [0.3, 0.4) is 0 Å². The van der Waals surface area contributed by atoms with E-state index in [4.69, 9.17) is 9.47 Å². The summed E-state index contributed by atoms with van der Waals surface area (Å²) in [5.74, 6) is 1.22. The molecule has 1 aliphatic rings. The highest BCUT2D eigenvalue weighted by Crippen LogP contribution is 2.34. The maximum absolute atomic E-state index is 12.0. The first kappa shape index (κ1) is 15.4. The number of carbonyl (C=O) groups excluding carboxylic acids is 1. The minimum atomic E-state index is -0.212. The second kappa shape index (κ2) is 6.74. The summed E-state index contributed by atoms with van der Waals surface area (Å²) in [5.41, 5.74) is 1.12. The fourth-order valence-corrected chi connectivity index (χ4v) is 2.73. The minimum Gasteiger partial charge on any atom is -0.454 e. The number of aromatic nitrogens is 2. The molecule has 3 rings (SSSR count). The first-order valence-electron chi connectivity index (χ1n) is 7.06. The molecular formula is C15H15N3O4S. The average Bonchev–Trinajstić information content (AvgIpc) is 3.00. The first-order chi connectivity index (χ1) is 11.1. The Bertz CT molecular complexity index is 791. The number of aryl methyl sites for hydroxylation is 1. The number of hydrogen-bond acceptors (Lipinski definition) is 6. The monoisotopic (exact) mass is 333 g/mol. The molecule has 0 saturated carbocycles. The van der Waals surface area contributed by atoms with Crippen molar-refractivity contribution >= 4 is 23.4 Å². The van der Waals surface area contributed by atoms with Crippen molar-refractivity contribution in [3.05, 3.63) is 40.3 Å². The number of H-pyrrole nitrogens is 1. The molecule has 8 heteroatoms. The molecular weight excluding hydrogens is 318 g/mol. The zero-order valence-corrected chi connectivity index (χ0v) is 13.2. The predicted molar refractivity (Wildman–Crippen MR) is 86.2 cm³/mol. The lowest BCUT2D eigenvalue weighted by molar-refractivity contribution is -0.113. The van der Waals surface area contributed by atoms with E-state index in [1.54, 1.807) is 18.2 Å². The van der Waals surface area contributed by atoms with Crippen LogP contribution in [0.1, 0.15) is 12.6 Å². The molecule has 0 spiro atoms. The molecule has 0 saturated heterocycles. The number of benzene rings is 1. The van der Waals surface area contributed by atoms with Crippen molar-refractivity contribution in [2.75, 3.05) is 17.9 Å². The van der Waals surface area contributed by atoms with E-state index in [0.717, 1.165) is 0 Å². The van der Waals surface area contributed by atoms with E-state index in [9.17, 15) is 9.59 Å². The molecule has 0 aliphatic carbocycles. The number of fused-ring (bicyclic) bond motifs is 1. The molecule has 0 unspecified atom stereocenters. The minimum absolute atomic E-state index is 0.143. The second-order valence-corrected chi connectivity index (χ2v) is 5.76. The largest absolute Gasteiger partial charge is 0.454 e. The van der Waals surface area contributed by atoms with Gasteiger partial charge in [-0.25, -0.2) is 4.98 Å². The van der Waals surface area contributed by atoms with Crippen LogP contribution >= 0.6 is 11.8 Å². The highest BCUT2D eigenvalue weighted by Gasteiger charge is 2.14. The number of aromatic amines is 1. The number of rotatable bonds is 5. The molecule has 1 amide bonds. The third kappa shape index (κ3) is 3.84. The summed E-state index contributed by atoms with van der Waals surface area (Å²) < 4.78 is 10.5. The molecule has 1 aromatic carbocycles. The van der Waals surface area contributed by atoms with Crippen molar-refractivity contribution in [1.29, 1.82) is 0 Å². The van der Waals surface area contributed by atoms with Crippen LogP contribution in [0, 0.1) is 0 Å². The summed E-state index contributed by atoms with van der Waals surface area (Å²) in [6.45, 7) is 2.11. The van der Waals surface area contributed by atoms with Gasteiger partial charge in [0.05, 0.1) is 5.75 Å². The molecule has 2 heterocycles. The lowest BCUT2D eigenvalue weighted by Crippen LogP contribution is -2.15. The Morgan fingerprint density at radius 2 is 2.17 bits per heavy atom. The zero-order chi connectivity index (χ0) is 16.2. The summed E-state index contributed by atoms with van der Waals surface area (Å²) in [6.07, 6.45) is 0.668. The van der Waals surface area contributed by atoms with Gasteiger partial charge in [0.25, 0.3) is 5.56 Å². The first-order valence-corrected chi connectivity index (χ1v) is 8.05. The summed E-state index contributed by atoms with van der Waals surface area (Å²) >= 11 is 1.18. The van der Waals surface area contributed by atoms with Gasteiger partial charge in [-0.2, -0.15) is 0 Å². The van der Waals surface area contributed by atoms with Crippen molar-refractivity contribution in [2.45, 2.75) is 18.5 Å². The third-order valence-corrected chi connectivity index (χ3v) is 4.00. The number of hydrogen-bond donors (Lipinski definition) is 2. The normalized spacial score (nSPS) is 12.2. The van der Waals surface area contributed by atoms with Gasteiger partial charge in [0.1, 0.15) is 0 Å². The van der Waals surface area contributed by atoms with Crippen molar-refractivity contribution < 1.29 is 14.3 Å². The predicted octanol–water partition coefficient (Wildman–Crippen LogP) is 1.79. The van der Waals surface area contributed by atoms with Crippen LogP contribution in [0.4, 0.5) is 5.69 Å². The Morgan fingerprint density at radius 1 is 1.35 bits per heavy atom. The lowest BCUT2D eigenvalue weighted by atomic mass is 10.3. The maximum Gasteiger partial charge on any atom is 0.251 e. The highest BCUT2D eigenvalue weighted by atomic mass is 32.2. The Balaban J connectivity index is 1.59. The smallest absolute Gasteiger partial charge is 0.251 e. The molecule has 0 radical (unpaired) electrons. The number of amides is 1. The number of ether oxygens (including phenoxy) is 2. The Morgan fingerprint density at radius 3 is 3.00 bits per heavy atom. The van der Waals surface area contributed by atoms with Gasteiger partial charge in [0.2, 0.25) is 12.7 Å². The molecule has 1 aromatic heterocycles. The van der Waals surface area contributed by atoms with Gasteiger partial charge in [-0.3, -0.25) is 9.59 Å². The van der Waals surface area contributed by atoms with E-state index < -0.39 is 0 Å². The molecule has 120 valence electrons. The van der Waals surface area contributed by atoms with E-state index in [1.807, 2.05) is 6.92 Å². The Kier molecular flexibility index (Phi) is 4.52. The molecule has 2 N–H and O–H groups in total. The van der Waals surface area contributed by atoms with Gasteiger partial charge in [0, 0.05) is 23.5 Å². The van der Waals surface area contributed by atoms with Gasteiger partial charge in [0.15, 0.2) is 16.7 Å². The van der Waals surface area contributed by atoms with Crippen LogP contribution in [0.2, 0.25) is 0 Å². The van der Waals surface area contributed by atoms with Crippen molar-refractivity contribution in [1.82, 2.24) is 9.97 Å². The molecule has 7 nitrogen and oxygen atoms in total. The van der Waals surface area contributed by atoms with E-state index in [-0.39, 0.29) is 24.0 Å². The summed E-state index contributed by atoms with van der Waals surface area (Å²) in [6, 6.07) is 6.65. The quantitative estimate of drug-likeness (QED) is 0.640. The molecule has 1 aliphatic heterocycles. The Hall–Kier alpha value is -2.48. The van der Waals surface area contributed by atoms with Gasteiger partial charge < -0.3 is 19.8 Å². The van der Waals surface area contributed by atoms with Crippen LogP contribution in [-0.2, 0) is 11.2 Å². The Labute approximate surface area is 136 Å². The third-order valence-electron chi connectivity index (χ3n) is 3.13. The molecule has 2 aromatic rings. The van der Waals surface area contributed by atoms with Crippen LogP contribution < -0.4 is 20.3 Å². The van der Waals surface area contributed by atoms with E-state index >= 15 is 0 Å². The topological polar surface area (TPSA) is 93.3 Å². The van der Waals surface area contributed by atoms with Crippen molar-refractivity contribution in [2.24, 2.45) is 0 Å². The van der Waals surface area contributed by atoms with Crippen LogP contribution in [0.25, 0.3) is 0 Å². The standard InChI is InChI=1S/C15H15N3O4S/c1-2-9-6-13(19)18-15(17-9)23-7-14(20)16-10-3-4-11-12(5-10)22-8-21-11/h3-6H,2,7-8H2,1H3,(H,16,20)(H,17,18,19). The number of nitrogens with one attached hydrogen (secondary N) is 2. The molecule has 0 bridgehead atoms. The second-order valence-electron chi connectivity index (χ2n) is 4.80. The number of nitrogens with zero attached hydrogens (tertiary/aromatic N) is 1. The van der Waals surface area contributed by atoms with Crippen LogP contribution in [0.15, 0.2) is 34.2 Å². The average molecular weight is 333 g/mol. The summed E-state index contributed by atoms with van der Waals surface area (Å²) in [7, 11) is 0. The number of anilines is 1. The van der Waals surface area contributed by atoms with E-state index in [2.05, 4.69) is 15.3 Å². The fraction of sp³-hybridized carbons (Fsp3) is 0.267. The maximum atomic E-state index is 12.0. The van der Waals surface area contributed by atoms with Crippen molar-refractivity contribution in [3.8, 4) is 11.5 Å².